The normalized spacial score (nSPS) is 10.4. The van der Waals surface area contributed by atoms with Crippen LogP contribution in [0.3, 0.4) is 0 Å². The number of hydrogen-bond donors (Lipinski definition) is 1. The second-order valence-corrected chi connectivity index (χ2v) is 6.82. The fourth-order valence-electron chi connectivity index (χ4n) is 2.43. The molecule has 0 aliphatic carbocycles. The predicted octanol–water partition coefficient (Wildman–Crippen LogP) is 4.13. The summed E-state index contributed by atoms with van der Waals surface area (Å²) in [6.07, 6.45) is -0.131. The molecule has 7 nitrogen and oxygen atoms in total. The van der Waals surface area contributed by atoms with E-state index in [1.54, 1.807) is 24.3 Å². The molecule has 2 rings (SSSR count). The summed E-state index contributed by atoms with van der Waals surface area (Å²) in [5.41, 5.74) is 1.05. The lowest BCUT2D eigenvalue weighted by Crippen LogP contribution is -2.15. The van der Waals surface area contributed by atoms with Gasteiger partial charge >= 0.3 is 5.97 Å². The van der Waals surface area contributed by atoms with Crippen LogP contribution in [0.25, 0.3) is 0 Å². The maximum Gasteiger partial charge on any atom is 0.338 e. The van der Waals surface area contributed by atoms with E-state index in [-0.39, 0.29) is 34.1 Å². The molecule has 0 fully saturated rings. The number of ether oxygens (including phenoxy) is 3. The first-order chi connectivity index (χ1) is 13.7. The maximum atomic E-state index is 12.3. The Bertz CT molecular complexity index is 908. The van der Waals surface area contributed by atoms with Crippen molar-refractivity contribution in [2.75, 3.05) is 19.0 Å². The van der Waals surface area contributed by atoms with E-state index in [4.69, 9.17) is 25.8 Å². The van der Waals surface area contributed by atoms with Crippen LogP contribution < -0.4 is 14.8 Å². The van der Waals surface area contributed by atoms with E-state index in [0.717, 1.165) is 0 Å². The molecule has 0 spiro atoms. The van der Waals surface area contributed by atoms with E-state index >= 15 is 0 Å². The lowest BCUT2D eigenvalue weighted by molar-refractivity contribution is -0.114. The number of anilines is 1. The second kappa shape index (κ2) is 9.93. The van der Waals surface area contributed by atoms with Crippen molar-refractivity contribution < 1.29 is 28.6 Å². The van der Waals surface area contributed by atoms with Crippen LogP contribution in [0.1, 0.15) is 41.5 Å². The summed E-state index contributed by atoms with van der Waals surface area (Å²) in [7, 11) is 1.43. The van der Waals surface area contributed by atoms with Crippen molar-refractivity contribution in [3.63, 3.8) is 0 Å². The van der Waals surface area contributed by atoms with Gasteiger partial charge in [-0.2, -0.15) is 0 Å². The minimum atomic E-state index is -0.718. The van der Waals surface area contributed by atoms with E-state index < -0.39 is 12.6 Å². The highest BCUT2D eigenvalue weighted by molar-refractivity contribution is 6.32. The average molecular weight is 420 g/mol. The summed E-state index contributed by atoms with van der Waals surface area (Å²) in [4.78, 5) is 35.6. The molecule has 0 aromatic heterocycles. The highest BCUT2D eigenvalue weighted by atomic mass is 35.5. The monoisotopic (exact) mass is 419 g/mol. The number of halogens is 1. The van der Waals surface area contributed by atoms with Crippen LogP contribution >= 0.6 is 11.6 Å². The van der Waals surface area contributed by atoms with Crippen molar-refractivity contribution in [3.8, 4) is 11.5 Å². The first kappa shape index (κ1) is 22.2. The lowest BCUT2D eigenvalue weighted by atomic mass is 10.1. The number of methoxy groups -OCH3 is 1. The summed E-state index contributed by atoms with van der Waals surface area (Å²) in [6.45, 7) is 4.63. The largest absolute Gasteiger partial charge is 0.493 e. The summed E-state index contributed by atoms with van der Waals surface area (Å²) in [5, 5.41) is 2.80. The standard InChI is InChI=1S/C21H22ClNO6/c1-12(2)29-20-17(22)9-15(10-19(20)27-4)21(26)28-11-18(25)14-5-7-16(8-6-14)23-13(3)24/h5-10,12H,11H2,1-4H3,(H,23,24). The predicted molar refractivity (Wildman–Crippen MR) is 109 cm³/mol. The highest BCUT2D eigenvalue weighted by Gasteiger charge is 2.19. The number of amides is 1. The second-order valence-electron chi connectivity index (χ2n) is 6.41. The Morgan fingerprint density at radius 3 is 2.28 bits per heavy atom. The summed E-state index contributed by atoms with van der Waals surface area (Å²) >= 11 is 6.20. The van der Waals surface area contributed by atoms with Crippen molar-refractivity contribution in [1.29, 1.82) is 0 Å². The van der Waals surface area contributed by atoms with Crippen molar-refractivity contribution in [3.05, 3.63) is 52.5 Å². The van der Waals surface area contributed by atoms with Gasteiger partial charge in [0, 0.05) is 18.2 Å². The topological polar surface area (TPSA) is 90.9 Å². The molecule has 2 aromatic carbocycles. The fourth-order valence-corrected chi connectivity index (χ4v) is 2.68. The van der Waals surface area contributed by atoms with Gasteiger partial charge in [0.2, 0.25) is 5.91 Å². The zero-order valence-electron chi connectivity index (χ0n) is 16.6. The van der Waals surface area contributed by atoms with Gasteiger partial charge in [0.15, 0.2) is 23.9 Å². The third kappa shape index (κ3) is 6.22. The molecule has 0 aliphatic rings. The van der Waals surface area contributed by atoms with E-state index in [9.17, 15) is 14.4 Å². The number of benzene rings is 2. The van der Waals surface area contributed by atoms with Crippen LogP contribution in [0.15, 0.2) is 36.4 Å². The van der Waals surface area contributed by atoms with Crippen LogP contribution in [0.4, 0.5) is 5.69 Å². The van der Waals surface area contributed by atoms with Gasteiger partial charge in [-0.25, -0.2) is 4.79 Å². The SMILES string of the molecule is COc1cc(C(=O)OCC(=O)c2ccc(NC(C)=O)cc2)cc(Cl)c1OC(C)C. The van der Waals surface area contributed by atoms with Gasteiger partial charge in [0.05, 0.1) is 23.8 Å². The number of carbonyl (C=O) groups is 3. The van der Waals surface area contributed by atoms with E-state index in [2.05, 4.69) is 5.32 Å². The van der Waals surface area contributed by atoms with Crippen molar-refractivity contribution >= 4 is 34.9 Å². The minimum Gasteiger partial charge on any atom is -0.493 e. The van der Waals surface area contributed by atoms with Gasteiger partial charge in [-0.3, -0.25) is 9.59 Å². The average Bonchev–Trinajstić information content (AvgIpc) is 2.67. The number of hydrogen-bond acceptors (Lipinski definition) is 6. The van der Waals surface area contributed by atoms with E-state index in [1.807, 2.05) is 13.8 Å². The molecule has 0 saturated carbocycles. The van der Waals surface area contributed by atoms with Crippen LogP contribution in [0, 0.1) is 0 Å². The number of carbonyl (C=O) groups excluding carboxylic acids is 3. The Labute approximate surface area is 173 Å². The molecule has 0 atom stereocenters. The molecule has 0 saturated heterocycles. The number of ketones is 1. The van der Waals surface area contributed by atoms with Crippen molar-refractivity contribution in [2.45, 2.75) is 26.9 Å². The third-order valence-corrected chi connectivity index (χ3v) is 3.96. The molecular formula is C21H22ClNO6. The molecule has 0 heterocycles. The van der Waals surface area contributed by atoms with Gasteiger partial charge in [-0.1, -0.05) is 11.6 Å². The molecule has 2 aromatic rings. The van der Waals surface area contributed by atoms with Crippen LogP contribution in [0.5, 0.6) is 11.5 Å². The molecule has 8 heteroatoms. The Morgan fingerprint density at radius 2 is 1.72 bits per heavy atom. The molecule has 0 aliphatic heterocycles. The van der Waals surface area contributed by atoms with E-state index in [0.29, 0.717) is 17.0 Å². The zero-order chi connectivity index (χ0) is 21.6. The minimum absolute atomic E-state index is 0.131. The quantitative estimate of drug-likeness (QED) is 0.511. The molecule has 1 N–H and O–H groups in total. The molecule has 0 unspecified atom stereocenters. The zero-order valence-corrected chi connectivity index (χ0v) is 17.3. The Balaban J connectivity index is 2.05. The van der Waals surface area contributed by atoms with Crippen molar-refractivity contribution in [2.24, 2.45) is 0 Å². The number of Topliss-reactive ketones (excluding diaryl/α,β-unsaturated/α-hetero) is 1. The van der Waals surface area contributed by atoms with Crippen LogP contribution in [0.2, 0.25) is 5.02 Å². The van der Waals surface area contributed by atoms with Gasteiger partial charge < -0.3 is 19.5 Å². The van der Waals surface area contributed by atoms with Crippen LogP contribution in [-0.4, -0.2) is 37.5 Å². The number of nitrogens with one attached hydrogen (secondary N) is 1. The summed E-state index contributed by atoms with van der Waals surface area (Å²) in [5.74, 6) is -0.693. The summed E-state index contributed by atoms with van der Waals surface area (Å²) in [6, 6.07) is 9.11. The van der Waals surface area contributed by atoms with Gasteiger partial charge in [-0.05, 0) is 50.2 Å². The third-order valence-electron chi connectivity index (χ3n) is 3.68. The lowest BCUT2D eigenvalue weighted by Gasteiger charge is -2.16. The first-order valence-corrected chi connectivity index (χ1v) is 9.21. The van der Waals surface area contributed by atoms with Gasteiger partial charge in [0.1, 0.15) is 0 Å². The van der Waals surface area contributed by atoms with Crippen LogP contribution in [-0.2, 0) is 9.53 Å². The first-order valence-electron chi connectivity index (χ1n) is 8.83. The number of rotatable bonds is 8. The number of esters is 1. The molecule has 29 heavy (non-hydrogen) atoms. The Hall–Kier alpha value is -3.06. The Morgan fingerprint density at radius 1 is 1.07 bits per heavy atom. The fraction of sp³-hybridized carbons (Fsp3) is 0.286. The van der Waals surface area contributed by atoms with E-state index in [1.165, 1.54) is 26.2 Å². The maximum absolute atomic E-state index is 12.3. The van der Waals surface area contributed by atoms with Gasteiger partial charge in [0.25, 0.3) is 0 Å². The van der Waals surface area contributed by atoms with Crippen molar-refractivity contribution in [1.82, 2.24) is 0 Å². The Kier molecular flexibility index (Phi) is 7.61. The highest BCUT2D eigenvalue weighted by Crippen LogP contribution is 2.37. The smallest absolute Gasteiger partial charge is 0.338 e. The molecule has 0 radical (unpaired) electrons. The molecule has 1 amide bonds. The molecule has 154 valence electrons. The molecular weight excluding hydrogens is 398 g/mol. The molecule has 0 bridgehead atoms. The summed E-state index contributed by atoms with van der Waals surface area (Å²) < 4.78 is 15.9. The van der Waals surface area contributed by atoms with Gasteiger partial charge in [-0.15, -0.1) is 0 Å².